The normalized spacial score (nSPS) is 20.5. The van der Waals surface area contributed by atoms with Crippen molar-refractivity contribution in [3.05, 3.63) is 23.9 Å². The Morgan fingerprint density at radius 3 is 2.95 bits per heavy atom. The molecule has 0 saturated carbocycles. The van der Waals surface area contributed by atoms with Gasteiger partial charge in [0.15, 0.2) is 0 Å². The molecule has 0 spiro atoms. The van der Waals surface area contributed by atoms with E-state index in [9.17, 15) is 9.90 Å². The van der Waals surface area contributed by atoms with Crippen molar-refractivity contribution in [2.24, 2.45) is 0 Å². The van der Waals surface area contributed by atoms with Crippen LogP contribution in [-0.2, 0) is 9.47 Å². The maximum absolute atomic E-state index is 12.3. The number of aromatic nitrogens is 1. The lowest BCUT2D eigenvalue weighted by atomic mass is 10.0. The SMILES string of the molecule is CC(C)(C)OC(=O)N1CCOCC1C(O)c1cccnc1N. The Morgan fingerprint density at radius 1 is 1.59 bits per heavy atom. The molecule has 1 aliphatic heterocycles. The molecule has 2 unspecified atom stereocenters. The Balaban J connectivity index is 2.19. The molecule has 2 atom stereocenters. The van der Waals surface area contributed by atoms with Crippen molar-refractivity contribution >= 4 is 11.9 Å². The van der Waals surface area contributed by atoms with Crippen molar-refractivity contribution in [2.45, 2.75) is 38.5 Å². The van der Waals surface area contributed by atoms with Crippen LogP contribution in [0.4, 0.5) is 10.6 Å². The second-order valence-electron chi connectivity index (χ2n) is 6.24. The standard InChI is InChI=1S/C15H23N3O4/c1-15(2,3)22-14(20)18-7-8-21-9-11(18)12(19)10-5-4-6-17-13(10)16/h4-6,11-12,19H,7-9H2,1-3H3,(H2,16,17). The van der Waals surface area contributed by atoms with Crippen molar-refractivity contribution in [1.29, 1.82) is 0 Å². The number of morpholine rings is 1. The molecule has 22 heavy (non-hydrogen) atoms. The fourth-order valence-corrected chi connectivity index (χ4v) is 2.32. The molecule has 1 saturated heterocycles. The number of nitrogen functional groups attached to an aromatic ring is 1. The molecular weight excluding hydrogens is 286 g/mol. The largest absolute Gasteiger partial charge is 0.444 e. The van der Waals surface area contributed by atoms with Gasteiger partial charge in [0.05, 0.1) is 19.3 Å². The summed E-state index contributed by atoms with van der Waals surface area (Å²) in [5.74, 6) is 0.240. The molecule has 0 radical (unpaired) electrons. The van der Waals surface area contributed by atoms with E-state index >= 15 is 0 Å². The lowest BCUT2D eigenvalue weighted by molar-refractivity contribution is -0.0671. The first-order valence-electron chi connectivity index (χ1n) is 7.25. The first kappa shape index (κ1) is 16.5. The fraction of sp³-hybridized carbons (Fsp3) is 0.600. The second-order valence-corrected chi connectivity index (χ2v) is 6.24. The van der Waals surface area contributed by atoms with Gasteiger partial charge < -0.3 is 20.3 Å². The van der Waals surface area contributed by atoms with Crippen LogP contribution in [0, 0.1) is 0 Å². The van der Waals surface area contributed by atoms with Gasteiger partial charge in [-0.2, -0.15) is 0 Å². The van der Waals surface area contributed by atoms with E-state index in [4.69, 9.17) is 15.2 Å². The molecule has 1 aliphatic rings. The zero-order chi connectivity index (χ0) is 16.3. The fourth-order valence-electron chi connectivity index (χ4n) is 2.32. The molecule has 0 bridgehead atoms. The van der Waals surface area contributed by atoms with Crippen molar-refractivity contribution < 1.29 is 19.4 Å². The summed E-state index contributed by atoms with van der Waals surface area (Å²) >= 11 is 0. The summed E-state index contributed by atoms with van der Waals surface area (Å²) in [6, 6.07) is 2.82. The Morgan fingerprint density at radius 2 is 2.32 bits per heavy atom. The Kier molecular flexibility index (Phi) is 4.87. The Hall–Kier alpha value is -1.86. The number of anilines is 1. The average molecular weight is 309 g/mol. The molecule has 2 heterocycles. The minimum absolute atomic E-state index is 0.217. The lowest BCUT2D eigenvalue weighted by Gasteiger charge is -2.38. The monoisotopic (exact) mass is 309 g/mol. The second kappa shape index (κ2) is 6.50. The number of ether oxygens (including phenoxy) is 2. The minimum Gasteiger partial charge on any atom is -0.444 e. The number of carbonyl (C=O) groups is 1. The zero-order valence-corrected chi connectivity index (χ0v) is 13.2. The van der Waals surface area contributed by atoms with Crippen molar-refractivity contribution in [3.8, 4) is 0 Å². The molecule has 0 aromatic carbocycles. The van der Waals surface area contributed by atoms with Crippen molar-refractivity contribution in [3.63, 3.8) is 0 Å². The van der Waals surface area contributed by atoms with Crippen LogP contribution in [0.1, 0.15) is 32.4 Å². The van der Waals surface area contributed by atoms with E-state index < -0.39 is 23.8 Å². The van der Waals surface area contributed by atoms with Gasteiger partial charge >= 0.3 is 6.09 Å². The third-order valence-corrected chi connectivity index (χ3v) is 3.35. The maximum atomic E-state index is 12.3. The summed E-state index contributed by atoms with van der Waals surface area (Å²) in [4.78, 5) is 17.8. The molecule has 7 nitrogen and oxygen atoms in total. The number of nitrogens with two attached hydrogens (primary N) is 1. The van der Waals surface area contributed by atoms with Gasteiger partial charge in [0.2, 0.25) is 0 Å². The average Bonchev–Trinajstić information content (AvgIpc) is 2.45. The number of aliphatic hydroxyl groups is 1. The number of amides is 1. The first-order chi connectivity index (χ1) is 10.3. The smallest absolute Gasteiger partial charge is 0.410 e. The molecule has 7 heteroatoms. The molecule has 1 aromatic rings. The molecule has 122 valence electrons. The van der Waals surface area contributed by atoms with Gasteiger partial charge in [0.25, 0.3) is 0 Å². The highest BCUT2D eigenvalue weighted by atomic mass is 16.6. The van der Waals surface area contributed by atoms with Crippen LogP contribution in [-0.4, -0.2) is 52.5 Å². The van der Waals surface area contributed by atoms with Gasteiger partial charge in [-0.1, -0.05) is 6.07 Å². The highest BCUT2D eigenvalue weighted by Gasteiger charge is 2.36. The highest BCUT2D eigenvalue weighted by molar-refractivity contribution is 5.69. The number of hydrogen-bond acceptors (Lipinski definition) is 6. The van der Waals surface area contributed by atoms with E-state index in [1.54, 1.807) is 39.1 Å². The van der Waals surface area contributed by atoms with E-state index in [0.29, 0.717) is 18.7 Å². The van der Waals surface area contributed by atoms with Crippen molar-refractivity contribution in [1.82, 2.24) is 9.88 Å². The summed E-state index contributed by atoms with van der Waals surface area (Å²) < 4.78 is 10.8. The zero-order valence-electron chi connectivity index (χ0n) is 13.2. The molecule has 1 fully saturated rings. The molecular formula is C15H23N3O4. The predicted molar refractivity (Wildman–Crippen MR) is 81.2 cm³/mol. The summed E-state index contributed by atoms with van der Waals surface area (Å²) in [7, 11) is 0. The van der Waals surface area contributed by atoms with E-state index in [0.717, 1.165) is 0 Å². The third kappa shape index (κ3) is 3.86. The lowest BCUT2D eigenvalue weighted by Crippen LogP contribution is -2.52. The third-order valence-electron chi connectivity index (χ3n) is 3.35. The van der Waals surface area contributed by atoms with Gasteiger partial charge in [-0.25, -0.2) is 9.78 Å². The number of carbonyl (C=O) groups excluding carboxylic acids is 1. The van der Waals surface area contributed by atoms with Crippen LogP contribution in [0.5, 0.6) is 0 Å². The van der Waals surface area contributed by atoms with Gasteiger partial charge in [-0.3, -0.25) is 4.90 Å². The number of nitrogens with zero attached hydrogens (tertiary/aromatic N) is 2. The Labute approximate surface area is 130 Å². The summed E-state index contributed by atoms with van der Waals surface area (Å²) in [6.07, 6.45) is 0.0954. The number of pyridine rings is 1. The van der Waals surface area contributed by atoms with Gasteiger partial charge in [0.1, 0.15) is 17.5 Å². The molecule has 0 aliphatic carbocycles. The van der Waals surface area contributed by atoms with E-state index in [2.05, 4.69) is 4.98 Å². The topological polar surface area (TPSA) is 97.9 Å². The van der Waals surface area contributed by atoms with Gasteiger partial charge in [0, 0.05) is 18.3 Å². The summed E-state index contributed by atoms with van der Waals surface area (Å²) in [5.41, 5.74) is 5.68. The molecule has 1 aromatic heterocycles. The van der Waals surface area contributed by atoms with Crippen LogP contribution in [0.25, 0.3) is 0 Å². The first-order valence-corrected chi connectivity index (χ1v) is 7.25. The Bertz CT molecular complexity index is 530. The van der Waals surface area contributed by atoms with Crippen LogP contribution < -0.4 is 5.73 Å². The number of rotatable bonds is 2. The van der Waals surface area contributed by atoms with Crippen LogP contribution >= 0.6 is 0 Å². The molecule has 3 N–H and O–H groups in total. The minimum atomic E-state index is -0.985. The van der Waals surface area contributed by atoms with E-state index in [1.807, 2.05) is 0 Å². The highest BCUT2D eigenvalue weighted by Crippen LogP contribution is 2.27. The van der Waals surface area contributed by atoms with Crippen LogP contribution in [0.15, 0.2) is 18.3 Å². The molecule has 2 rings (SSSR count). The summed E-state index contributed by atoms with van der Waals surface area (Å²) in [6.45, 7) is 6.39. The van der Waals surface area contributed by atoms with E-state index in [-0.39, 0.29) is 12.4 Å². The van der Waals surface area contributed by atoms with E-state index in [1.165, 1.54) is 4.90 Å². The quantitative estimate of drug-likeness (QED) is 0.855. The van der Waals surface area contributed by atoms with Crippen LogP contribution in [0.2, 0.25) is 0 Å². The summed E-state index contributed by atoms with van der Waals surface area (Å²) in [5, 5.41) is 10.6. The predicted octanol–water partition coefficient (Wildman–Crippen LogP) is 1.33. The van der Waals surface area contributed by atoms with Crippen molar-refractivity contribution in [2.75, 3.05) is 25.5 Å². The number of hydrogen-bond donors (Lipinski definition) is 2. The van der Waals surface area contributed by atoms with Gasteiger partial charge in [-0.15, -0.1) is 0 Å². The number of aliphatic hydroxyl groups excluding tert-OH is 1. The maximum Gasteiger partial charge on any atom is 0.410 e. The molecule has 1 amide bonds. The van der Waals surface area contributed by atoms with Crippen LogP contribution in [0.3, 0.4) is 0 Å². The van der Waals surface area contributed by atoms with Gasteiger partial charge in [-0.05, 0) is 26.8 Å².